The number of benzene rings is 1. The van der Waals surface area contributed by atoms with Gasteiger partial charge in [-0.3, -0.25) is 0 Å². The summed E-state index contributed by atoms with van der Waals surface area (Å²) >= 11 is 0. The van der Waals surface area contributed by atoms with E-state index in [0.29, 0.717) is 0 Å². The molecule has 0 fully saturated rings. The normalized spacial score (nSPS) is 11.9. The van der Waals surface area contributed by atoms with Crippen LogP contribution in [0.5, 0.6) is 11.5 Å². The summed E-state index contributed by atoms with van der Waals surface area (Å²) < 4.78 is 4.94. The van der Waals surface area contributed by atoms with Gasteiger partial charge in [0, 0.05) is 12.5 Å². The van der Waals surface area contributed by atoms with E-state index in [1.54, 1.807) is 12.1 Å². The van der Waals surface area contributed by atoms with Gasteiger partial charge in [-0.1, -0.05) is 6.92 Å². The molecular weight excluding hydrogens is 194 g/mol. The Kier molecular flexibility index (Phi) is 3.53. The molecule has 0 aliphatic carbocycles. The van der Waals surface area contributed by atoms with E-state index in [4.69, 9.17) is 15.1 Å². The first-order valence-corrected chi connectivity index (χ1v) is 4.55. The highest BCUT2D eigenvalue weighted by Gasteiger charge is 2.13. The molecular formula is C11H13NO3. The monoisotopic (exact) mass is 207 g/mol. The molecule has 0 bridgehead atoms. The fraction of sp³-hybridized carbons (Fsp3) is 0.364. The second-order valence-electron chi connectivity index (χ2n) is 3.31. The SMILES string of the molecule is COc1cc(C(C)CO)cc(C#N)c1O. The Morgan fingerprint density at radius 2 is 2.20 bits per heavy atom. The number of nitrogens with zero attached hydrogens (tertiary/aromatic N) is 1. The number of nitriles is 1. The van der Waals surface area contributed by atoms with Crippen LogP contribution in [0, 0.1) is 11.3 Å². The van der Waals surface area contributed by atoms with Crippen LogP contribution in [0.3, 0.4) is 0 Å². The fourth-order valence-electron chi connectivity index (χ4n) is 1.26. The van der Waals surface area contributed by atoms with Crippen LogP contribution in [0.15, 0.2) is 12.1 Å². The first-order chi connectivity index (χ1) is 7.13. The van der Waals surface area contributed by atoms with Crippen molar-refractivity contribution >= 4 is 0 Å². The van der Waals surface area contributed by atoms with Crippen molar-refractivity contribution in [3.05, 3.63) is 23.3 Å². The van der Waals surface area contributed by atoms with Crippen LogP contribution < -0.4 is 4.74 Å². The number of methoxy groups -OCH3 is 1. The predicted molar refractivity (Wildman–Crippen MR) is 54.9 cm³/mol. The molecule has 0 aromatic heterocycles. The number of ether oxygens (including phenoxy) is 1. The molecule has 0 spiro atoms. The highest BCUT2D eigenvalue weighted by molar-refractivity contribution is 5.54. The third-order valence-electron chi connectivity index (χ3n) is 2.28. The Morgan fingerprint density at radius 1 is 1.53 bits per heavy atom. The zero-order chi connectivity index (χ0) is 11.4. The Balaban J connectivity index is 3.28. The average Bonchev–Trinajstić information content (AvgIpc) is 2.28. The standard InChI is InChI=1S/C11H13NO3/c1-7(6-13)8-3-9(5-12)11(14)10(4-8)15-2/h3-4,7,13-14H,6H2,1-2H3. The molecule has 0 aliphatic heterocycles. The van der Waals surface area contributed by atoms with Crippen LogP contribution in [0.4, 0.5) is 0 Å². The second-order valence-corrected chi connectivity index (χ2v) is 3.31. The Labute approximate surface area is 88.4 Å². The lowest BCUT2D eigenvalue weighted by molar-refractivity contribution is 0.272. The van der Waals surface area contributed by atoms with Gasteiger partial charge in [0.15, 0.2) is 11.5 Å². The first-order valence-electron chi connectivity index (χ1n) is 4.55. The van der Waals surface area contributed by atoms with Crippen molar-refractivity contribution in [1.82, 2.24) is 0 Å². The Bertz CT molecular complexity index is 396. The van der Waals surface area contributed by atoms with Crippen molar-refractivity contribution in [3.63, 3.8) is 0 Å². The van der Waals surface area contributed by atoms with Gasteiger partial charge in [0.05, 0.1) is 12.7 Å². The molecule has 1 aromatic rings. The van der Waals surface area contributed by atoms with E-state index in [1.807, 2.05) is 13.0 Å². The molecule has 0 amide bonds. The summed E-state index contributed by atoms with van der Waals surface area (Å²) in [5.41, 5.74) is 0.924. The van der Waals surface area contributed by atoms with Gasteiger partial charge in [-0.05, 0) is 17.7 Å². The minimum absolute atomic E-state index is 0.0151. The molecule has 4 heteroatoms. The quantitative estimate of drug-likeness (QED) is 0.785. The molecule has 0 heterocycles. The Hall–Kier alpha value is -1.73. The molecule has 15 heavy (non-hydrogen) atoms. The number of aromatic hydroxyl groups is 1. The highest BCUT2D eigenvalue weighted by atomic mass is 16.5. The lowest BCUT2D eigenvalue weighted by Gasteiger charge is -2.12. The fourth-order valence-corrected chi connectivity index (χ4v) is 1.26. The van der Waals surface area contributed by atoms with Crippen LogP contribution in [0.25, 0.3) is 0 Å². The summed E-state index contributed by atoms with van der Waals surface area (Å²) in [6, 6.07) is 5.05. The van der Waals surface area contributed by atoms with Crippen molar-refractivity contribution in [2.45, 2.75) is 12.8 Å². The van der Waals surface area contributed by atoms with E-state index in [1.165, 1.54) is 7.11 Å². The summed E-state index contributed by atoms with van der Waals surface area (Å²) in [4.78, 5) is 0. The molecule has 2 N–H and O–H groups in total. The summed E-state index contributed by atoms with van der Waals surface area (Å²) in [5, 5.41) is 27.3. The van der Waals surface area contributed by atoms with Crippen LogP contribution in [0.2, 0.25) is 0 Å². The lowest BCUT2D eigenvalue weighted by Crippen LogP contribution is -2.00. The van der Waals surface area contributed by atoms with Crippen LogP contribution in [-0.2, 0) is 0 Å². The molecule has 0 saturated carbocycles. The number of rotatable bonds is 3. The molecule has 1 rings (SSSR count). The van der Waals surface area contributed by atoms with Crippen molar-refractivity contribution in [3.8, 4) is 17.6 Å². The smallest absolute Gasteiger partial charge is 0.175 e. The molecule has 1 atom stereocenters. The summed E-state index contributed by atoms with van der Waals surface area (Å²) in [7, 11) is 1.42. The average molecular weight is 207 g/mol. The number of aliphatic hydroxyl groups excluding tert-OH is 1. The lowest BCUT2D eigenvalue weighted by atomic mass is 9.99. The summed E-state index contributed by atoms with van der Waals surface area (Å²) in [6.45, 7) is 1.81. The minimum atomic E-state index is -0.158. The van der Waals surface area contributed by atoms with Crippen molar-refractivity contribution < 1.29 is 14.9 Å². The topological polar surface area (TPSA) is 73.5 Å². The van der Waals surface area contributed by atoms with E-state index in [0.717, 1.165) is 5.56 Å². The Morgan fingerprint density at radius 3 is 2.67 bits per heavy atom. The molecule has 0 saturated heterocycles. The molecule has 0 aliphatic rings. The second kappa shape index (κ2) is 4.67. The molecule has 4 nitrogen and oxygen atoms in total. The van der Waals surface area contributed by atoms with E-state index < -0.39 is 0 Å². The van der Waals surface area contributed by atoms with Gasteiger partial charge in [0.1, 0.15) is 6.07 Å². The minimum Gasteiger partial charge on any atom is -0.503 e. The number of aliphatic hydroxyl groups is 1. The van der Waals surface area contributed by atoms with Gasteiger partial charge < -0.3 is 14.9 Å². The maximum absolute atomic E-state index is 9.56. The van der Waals surface area contributed by atoms with Crippen LogP contribution in [-0.4, -0.2) is 23.9 Å². The van der Waals surface area contributed by atoms with Gasteiger partial charge >= 0.3 is 0 Å². The predicted octanol–water partition coefficient (Wildman–Crippen LogP) is 1.37. The zero-order valence-electron chi connectivity index (χ0n) is 8.69. The van der Waals surface area contributed by atoms with Gasteiger partial charge in [-0.15, -0.1) is 0 Å². The molecule has 0 radical (unpaired) electrons. The largest absolute Gasteiger partial charge is 0.503 e. The summed E-state index contributed by atoms with van der Waals surface area (Å²) in [6.07, 6.45) is 0. The number of phenolic OH excluding ortho intramolecular Hbond substituents is 1. The third-order valence-corrected chi connectivity index (χ3v) is 2.28. The maximum atomic E-state index is 9.56. The molecule has 1 unspecified atom stereocenters. The van der Waals surface area contributed by atoms with Crippen molar-refractivity contribution in [1.29, 1.82) is 5.26 Å². The maximum Gasteiger partial charge on any atom is 0.175 e. The molecule has 80 valence electrons. The van der Waals surface area contributed by atoms with Gasteiger partial charge in [0.2, 0.25) is 0 Å². The van der Waals surface area contributed by atoms with Gasteiger partial charge in [0.25, 0.3) is 0 Å². The van der Waals surface area contributed by atoms with E-state index in [9.17, 15) is 5.11 Å². The highest BCUT2D eigenvalue weighted by Crippen LogP contribution is 2.33. The third kappa shape index (κ3) is 2.20. The van der Waals surface area contributed by atoms with E-state index in [-0.39, 0.29) is 29.6 Å². The number of hydrogen-bond donors (Lipinski definition) is 2. The summed E-state index contributed by atoms with van der Waals surface area (Å²) in [5.74, 6) is 0.00448. The van der Waals surface area contributed by atoms with Crippen LogP contribution in [0.1, 0.15) is 24.0 Å². The zero-order valence-corrected chi connectivity index (χ0v) is 8.69. The van der Waals surface area contributed by atoms with E-state index in [2.05, 4.69) is 0 Å². The number of hydrogen-bond acceptors (Lipinski definition) is 4. The van der Waals surface area contributed by atoms with Crippen molar-refractivity contribution in [2.75, 3.05) is 13.7 Å². The van der Waals surface area contributed by atoms with Gasteiger partial charge in [-0.25, -0.2) is 0 Å². The van der Waals surface area contributed by atoms with Crippen molar-refractivity contribution in [2.24, 2.45) is 0 Å². The van der Waals surface area contributed by atoms with Crippen LogP contribution >= 0.6 is 0 Å². The number of phenols is 1. The molecule has 1 aromatic carbocycles. The first kappa shape index (κ1) is 11.3. The van der Waals surface area contributed by atoms with Gasteiger partial charge in [-0.2, -0.15) is 5.26 Å². The van der Waals surface area contributed by atoms with E-state index >= 15 is 0 Å².